The highest BCUT2D eigenvalue weighted by Crippen LogP contribution is 2.29. The van der Waals surface area contributed by atoms with Crippen LogP contribution in [0, 0.1) is 6.92 Å². The SMILES string of the molecule is Cc1ccc2c(c1)CCCN2C(=O)c1ccnc(NN)c1. The van der Waals surface area contributed by atoms with Gasteiger partial charge in [-0.3, -0.25) is 4.79 Å². The highest BCUT2D eigenvalue weighted by atomic mass is 16.2. The number of amides is 1. The number of aromatic nitrogens is 1. The molecule has 108 valence electrons. The number of hydrogen-bond acceptors (Lipinski definition) is 4. The summed E-state index contributed by atoms with van der Waals surface area (Å²) in [7, 11) is 0. The van der Waals surface area contributed by atoms with Gasteiger partial charge in [0.15, 0.2) is 0 Å². The molecule has 1 aromatic heterocycles. The van der Waals surface area contributed by atoms with Gasteiger partial charge < -0.3 is 10.3 Å². The number of fused-ring (bicyclic) bond motifs is 1. The van der Waals surface area contributed by atoms with Gasteiger partial charge in [-0.15, -0.1) is 0 Å². The summed E-state index contributed by atoms with van der Waals surface area (Å²) in [5, 5.41) is 0. The molecule has 0 spiro atoms. The number of hydrogen-bond donors (Lipinski definition) is 2. The standard InChI is InChI=1S/C16H18N4O/c1-11-4-5-14-12(9-11)3-2-8-20(14)16(21)13-6-7-18-15(10-13)19-17/h4-7,9-10H,2-3,8,17H2,1H3,(H,18,19). The molecule has 0 unspecified atom stereocenters. The van der Waals surface area contributed by atoms with Gasteiger partial charge in [-0.1, -0.05) is 17.7 Å². The van der Waals surface area contributed by atoms with E-state index in [1.54, 1.807) is 18.3 Å². The van der Waals surface area contributed by atoms with Gasteiger partial charge in [0.05, 0.1) is 0 Å². The Morgan fingerprint density at radius 2 is 2.19 bits per heavy atom. The first-order valence-corrected chi connectivity index (χ1v) is 7.03. The molecular formula is C16H18N4O. The number of nitrogens with two attached hydrogens (primary N) is 1. The lowest BCUT2D eigenvalue weighted by Crippen LogP contribution is -2.35. The monoisotopic (exact) mass is 282 g/mol. The van der Waals surface area contributed by atoms with Crippen molar-refractivity contribution in [2.24, 2.45) is 5.84 Å². The summed E-state index contributed by atoms with van der Waals surface area (Å²) < 4.78 is 0. The fourth-order valence-corrected chi connectivity index (χ4v) is 2.74. The van der Waals surface area contributed by atoms with E-state index in [1.165, 1.54) is 11.1 Å². The highest BCUT2D eigenvalue weighted by Gasteiger charge is 2.23. The maximum Gasteiger partial charge on any atom is 0.258 e. The van der Waals surface area contributed by atoms with E-state index in [0.717, 1.165) is 25.1 Å². The second-order valence-corrected chi connectivity index (χ2v) is 5.27. The quantitative estimate of drug-likeness (QED) is 0.655. The minimum absolute atomic E-state index is 0.0151. The number of nitrogens with zero attached hydrogens (tertiary/aromatic N) is 2. The van der Waals surface area contributed by atoms with Crippen molar-refractivity contribution < 1.29 is 4.79 Å². The Morgan fingerprint density at radius 3 is 3.00 bits per heavy atom. The predicted molar refractivity (Wildman–Crippen MR) is 83.2 cm³/mol. The molecule has 1 aliphatic heterocycles. The highest BCUT2D eigenvalue weighted by molar-refractivity contribution is 6.07. The van der Waals surface area contributed by atoms with Crippen molar-refractivity contribution >= 4 is 17.4 Å². The van der Waals surface area contributed by atoms with Gasteiger partial charge in [0.1, 0.15) is 5.82 Å². The number of nitrogens with one attached hydrogen (secondary N) is 1. The maximum atomic E-state index is 12.7. The molecule has 0 saturated carbocycles. The number of aryl methyl sites for hydroxylation is 2. The van der Waals surface area contributed by atoms with Crippen LogP contribution in [0.2, 0.25) is 0 Å². The summed E-state index contributed by atoms with van der Waals surface area (Å²) in [6.45, 7) is 2.81. The van der Waals surface area contributed by atoms with E-state index in [9.17, 15) is 4.79 Å². The Labute approximate surface area is 123 Å². The average molecular weight is 282 g/mol. The van der Waals surface area contributed by atoms with Crippen LogP contribution in [0.3, 0.4) is 0 Å². The lowest BCUT2D eigenvalue weighted by molar-refractivity contribution is 0.0985. The van der Waals surface area contributed by atoms with Crippen molar-refractivity contribution in [2.45, 2.75) is 19.8 Å². The predicted octanol–water partition coefficient (Wildman–Crippen LogP) is 2.27. The molecule has 3 N–H and O–H groups in total. The third-order valence-electron chi connectivity index (χ3n) is 3.75. The first kappa shape index (κ1) is 13.6. The molecule has 0 bridgehead atoms. The number of carbonyl (C=O) groups excluding carboxylic acids is 1. The molecule has 0 fully saturated rings. The molecule has 0 saturated heterocycles. The molecule has 0 aliphatic carbocycles. The topological polar surface area (TPSA) is 71.2 Å². The second kappa shape index (κ2) is 5.54. The van der Waals surface area contributed by atoms with E-state index in [-0.39, 0.29) is 5.91 Å². The third-order valence-corrected chi connectivity index (χ3v) is 3.75. The van der Waals surface area contributed by atoms with Gasteiger partial charge in [-0.05, 0) is 43.5 Å². The normalized spacial score (nSPS) is 13.7. The fourth-order valence-electron chi connectivity index (χ4n) is 2.74. The molecule has 21 heavy (non-hydrogen) atoms. The lowest BCUT2D eigenvalue weighted by atomic mass is 9.99. The summed E-state index contributed by atoms with van der Waals surface area (Å²) in [6, 6.07) is 9.62. The number of rotatable bonds is 2. The first-order valence-electron chi connectivity index (χ1n) is 7.03. The molecular weight excluding hydrogens is 264 g/mol. The van der Waals surface area contributed by atoms with Crippen LogP contribution in [0.25, 0.3) is 0 Å². The minimum atomic E-state index is -0.0151. The number of nitrogen functional groups attached to an aromatic ring is 1. The average Bonchev–Trinajstić information content (AvgIpc) is 2.53. The molecule has 5 nitrogen and oxygen atoms in total. The summed E-state index contributed by atoms with van der Waals surface area (Å²) in [4.78, 5) is 18.6. The van der Waals surface area contributed by atoms with Gasteiger partial charge in [0, 0.05) is 24.0 Å². The van der Waals surface area contributed by atoms with Gasteiger partial charge in [0.25, 0.3) is 5.91 Å². The van der Waals surface area contributed by atoms with Gasteiger partial charge in [-0.25, -0.2) is 10.8 Å². The van der Waals surface area contributed by atoms with Crippen LogP contribution in [0.1, 0.15) is 27.9 Å². The lowest BCUT2D eigenvalue weighted by Gasteiger charge is -2.30. The molecule has 3 rings (SSSR count). The van der Waals surface area contributed by atoms with Crippen molar-refractivity contribution in [3.05, 3.63) is 53.2 Å². The van der Waals surface area contributed by atoms with Crippen molar-refractivity contribution in [3.8, 4) is 0 Å². The molecule has 1 amide bonds. The van der Waals surface area contributed by atoms with Crippen molar-refractivity contribution in [3.63, 3.8) is 0 Å². The number of anilines is 2. The minimum Gasteiger partial charge on any atom is -0.308 e. The van der Waals surface area contributed by atoms with E-state index in [4.69, 9.17) is 5.84 Å². The van der Waals surface area contributed by atoms with Gasteiger partial charge in [0.2, 0.25) is 0 Å². The first-order chi connectivity index (χ1) is 10.2. The van der Waals surface area contributed by atoms with Crippen LogP contribution in [0.4, 0.5) is 11.5 Å². The second-order valence-electron chi connectivity index (χ2n) is 5.27. The van der Waals surface area contributed by atoms with E-state index in [2.05, 4.69) is 23.4 Å². The van der Waals surface area contributed by atoms with Crippen molar-refractivity contribution in [2.75, 3.05) is 16.9 Å². The number of pyridine rings is 1. The largest absolute Gasteiger partial charge is 0.308 e. The molecule has 1 aromatic carbocycles. The molecule has 2 heterocycles. The van der Waals surface area contributed by atoms with Gasteiger partial charge in [-0.2, -0.15) is 0 Å². The Kier molecular flexibility index (Phi) is 3.58. The zero-order valence-electron chi connectivity index (χ0n) is 12.0. The number of hydrazine groups is 1. The van der Waals surface area contributed by atoms with Crippen LogP contribution in [0.5, 0.6) is 0 Å². The smallest absolute Gasteiger partial charge is 0.258 e. The van der Waals surface area contributed by atoms with Crippen molar-refractivity contribution in [1.29, 1.82) is 0 Å². The molecule has 2 aromatic rings. The summed E-state index contributed by atoms with van der Waals surface area (Å²) in [5.74, 6) is 5.83. The van der Waals surface area contributed by atoms with Gasteiger partial charge >= 0.3 is 0 Å². The van der Waals surface area contributed by atoms with E-state index < -0.39 is 0 Å². The Morgan fingerprint density at radius 1 is 1.33 bits per heavy atom. The van der Waals surface area contributed by atoms with Crippen LogP contribution in [0.15, 0.2) is 36.5 Å². The fraction of sp³-hybridized carbons (Fsp3) is 0.250. The van der Waals surface area contributed by atoms with Crippen LogP contribution < -0.4 is 16.2 Å². The van der Waals surface area contributed by atoms with Crippen molar-refractivity contribution in [1.82, 2.24) is 4.98 Å². The summed E-state index contributed by atoms with van der Waals surface area (Å²) >= 11 is 0. The Hall–Kier alpha value is -2.40. The number of benzene rings is 1. The van der Waals surface area contributed by atoms with Crippen LogP contribution in [-0.2, 0) is 6.42 Å². The Balaban J connectivity index is 1.96. The summed E-state index contributed by atoms with van der Waals surface area (Å²) in [6.07, 6.45) is 3.59. The van der Waals surface area contributed by atoms with E-state index >= 15 is 0 Å². The number of carbonyl (C=O) groups is 1. The maximum absolute atomic E-state index is 12.7. The van der Waals surface area contributed by atoms with E-state index in [0.29, 0.717) is 11.4 Å². The molecule has 1 aliphatic rings. The van der Waals surface area contributed by atoms with Crippen LogP contribution in [-0.4, -0.2) is 17.4 Å². The molecule has 0 atom stereocenters. The zero-order chi connectivity index (χ0) is 14.8. The Bertz CT molecular complexity index is 684. The molecule has 0 radical (unpaired) electrons. The molecule has 5 heteroatoms. The third kappa shape index (κ3) is 2.60. The van der Waals surface area contributed by atoms with Crippen LogP contribution >= 0.6 is 0 Å². The summed E-state index contributed by atoms with van der Waals surface area (Å²) in [5.41, 5.74) is 6.53. The zero-order valence-corrected chi connectivity index (χ0v) is 12.0. The van der Waals surface area contributed by atoms with E-state index in [1.807, 2.05) is 17.0 Å².